The summed E-state index contributed by atoms with van der Waals surface area (Å²) in [5, 5.41) is 7.03. The van der Waals surface area contributed by atoms with E-state index < -0.39 is 0 Å². The number of nitrogens with zero attached hydrogens (tertiary/aromatic N) is 1. The summed E-state index contributed by atoms with van der Waals surface area (Å²) in [4.78, 5) is 16.4. The summed E-state index contributed by atoms with van der Waals surface area (Å²) in [5.41, 5.74) is 0.498. The van der Waals surface area contributed by atoms with E-state index >= 15 is 0 Å². The van der Waals surface area contributed by atoms with Crippen LogP contribution in [0.3, 0.4) is 0 Å². The Kier molecular flexibility index (Phi) is 5.56. The first-order valence-corrected chi connectivity index (χ1v) is 8.48. The minimum Gasteiger partial charge on any atom is -0.437 e. The van der Waals surface area contributed by atoms with Crippen molar-refractivity contribution < 1.29 is 9.53 Å². The van der Waals surface area contributed by atoms with Gasteiger partial charge in [0.25, 0.3) is 5.91 Å². The smallest absolute Gasteiger partial charge is 0.253 e. The molecular weight excluding hydrogens is 349 g/mol. The molecule has 7 heteroatoms. The molecule has 1 fully saturated rings. The molecule has 2 N–H and O–H groups in total. The lowest BCUT2D eigenvalue weighted by Crippen LogP contribution is -2.42. The van der Waals surface area contributed by atoms with E-state index in [0.717, 1.165) is 25.9 Å². The molecule has 0 bridgehead atoms. The summed E-state index contributed by atoms with van der Waals surface area (Å²) in [6, 6.07) is 8.64. The molecule has 0 radical (unpaired) electrons. The van der Waals surface area contributed by atoms with Gasteiger partial charge in [0.1, 0.15) is 10.8 Å². The number of nitrogens with one attached hydrogen (secondary N) is 2. The molecule has 0 aliphatic carbocycles. The fraction of sp³-hybridized carbons (Fsp3) is 0.294. The Bertz CT molecular complexity index is 716. The summed E-state index contributed by atoms with van der Waals surface area (Å²) in [6.45, 7) is 1.85. The lowest BCUT2D eigenvalue weighted by atomic mass is 10.1. The van der Waals surface area contributed by atoms with Crippen molar-refractivity contribution in [2.45, 2.75) is 18.9 Å². The molecule has 0 saturated carbocycles. The van der Waals surface area contributed by atoms with E-state index in [9.17, 15) is 4.79 Å². The highest BCUT2D eigenvalue weighted by Gasteiger charge is 2.16. The van der Waals surface area contributed by atoms with E-state index in [0.29, 0.717) is 27.2 Å². The highest BCUT2D eigenvalue weighted by molar-refractivity contribution is 6.42. The summed E-state index contributed by atoms with van der Waals surface area (Å²) >= 11 is 12.0. The van der Waals surface area contributed by atoms with Crippen LogP contribution in [0.2, 0.25) is 10.0 Å². The summed E-state index contributed by atoms with van der Waals surface area (Å²) < 4.78 is 5.61. The predicted molar refractivity (Wildman–Crippen MR) is 94.1 cm³/mol. The number of benzene rings is 1. The predicted octanol–water partition coefficient (Wildman–Crippen LogP) is 3.66. The van der Waals surface area contributed by atoms with Crippen LogP contribution in [0.4, 0.5) is 0 Å². The molecule has 1 amide bonds. The molecule has 5 nitrogen and oxygen atoms in total. The number of hydrogen-bond donors (Lipinski definition) is 2. The van der Waals surface area contributed by atoms with Gasteiger partial charge in [0.05, 0.1) is 10.6 Å². The van der Waals surface area contributed by atoms with E-state index in [1.165, 1.54) is 6.20 Å². The van der Waals surface area contributed by atoms with Crippen LogP contribution in [0, 0.1) is 0 Å². The molecule has 0 spiro atoms. The zero-order valence-electron chi connectivity index (χ0n) is 12.9. The Morgan fingerprint density at radius 2 is 2.00 bits per heavy atom. The van der Waals surface area contributed by atoms with E-state index in [1.807, 2.05) is 0 Å². The molecule has 0 unspecified atom stereocenters. The van der Waals surface area contributed by atoms with Gasteiger partial charge < -0.3 is 15.4 Å². The number of halogens is 2. The highest BCUT2D eigenvalue weighted by atomic mass is 35.5. The lowest BCUT2D eigenvalue weighted by Gasteiger charge is -2.23. The largest absolute Gasteiger partial charge is 0.437 e. The number of hydrogen-bond acceptors (Lipinski definition) is 4. The van der Waals surface area contributed by atoms with Gasteiger partial charge in [-0.3, -0.25) is 4.79 Å². The maximum Gasteiger partial charge on any atom is 0.253 e. The van der Waals surface area contributed by atoms with Gasteiger partial charge in [-0.05, 0) is 44.1 Å². The van der Waals surface area contributed by atoms with Crippen LogP contribution in [0.1, 0.15) is 23.2 Å². The third-order valence-corrected chi connectivity index (χ3v) is 4.61. The van der Waals surface area contributed by atoms with E-state index in [1.54, 1.807) is 30.3 Å². The number of ether oxygens (including phenoxy) is 1. The first kappa shape index (κ1) is 17.0. The van der Waals surface area contributed by atoms with Crippen molar-refractivity contribution in [3.63, 3.8) is 0 Å². The van der Waals surface area contributed by atoms with Gasteiger partial charge in [-0.25, -0.2) is 4.98 Å². The third-order valence-electron chi connectivity index (χ3n) is 3.80. The van der Waals surface area contributed by atoms with Gasteiger partial charge in [-0.15, -0.1) is 0 Å². The quantitative estimate of drug-likeness (QED) is 0.867. The van der Waals surface area contributed by atoms with Crippen LogP contribution in [0.5, 0.6) is 11.6 Å². The minimum atomic E-state index is -0.123. The number of rotatable bonds is 4. The number of amides is 1. The fourth-order valence-electron chi connectivity index (χ4n) is 2.49. The zero-order chi connectivity index (χ0) is 16.9. The van der Waals surface area contributed by atoms with Crippen LogP contribution in [0.25, 0.3) is 0 Å². The molecule has 2 heterocycles. The van der Waals surface area contributed by atoms with Gasteiger partial charge in [0.2, 0.25) is 5.88 Å². The maximum absolute atomic E-state index is 12.2. The number of carbonyl (C=O) groups excluding carboxylic acids is 1. The molecule has 1 aromatic carbocycles. The molecule has 3 rings (SSSR count). The van der Waals surface area contributed by atoms with E-state index in [2.05, 4.69) is 15.6 Å². The molecule has 2 aromatic rings. The van der Waals surface area contributed by atoms with Gasteiger partial charge in [0, 0.05) is 18.3 Å². The van der Waals surface area contributed by atoms with Crippen molar-refractivity contribution in [1.82, 2.24) is 15.6 Å². The van der Waals surface area contributed by atoms with E-state index in [4.69, 9.17) is 27.9 Å². The van der Waals surface area contributed by atoms with E-state index in [-0.39, 0.29) is 11.9 Å². The fourth-order valence-corrected chi connectivity index (χ4v) is 2.82. The van der Waals surface area contributed by atoms with Crippen LogP contribution in [0.15, 0.2) is 36.5 Å². The van der Waals surface area contributed by atoms with Gasteiger partial charge >= 0.3 is 0 Å². The second kappa shape index (κ2) is 7.83. The second-order valence-electron chi connectivity index (χ2n) is 5.54. The van der Waals surface area contributed by atoms with Crippen LogP contribution >= 0.6 is 23.2 Å². The average molecular weight is 366 g/mol. The second-order valence-corrected chi connectivity index (χ2v) is 6.32. The average Bonchev–Trinajstić information content (AvgIpc) is 2.60. The molecule has 1 aromatic heterocycles. The molecule has 126 valence electrons. The molecular formula is C17H17Cl2N3O2. The van der Waals surface area contributed by atoms with Gasteiger partial charge in [-0.2, -0.15) is 0 Å². The lowest BCUT2D eigenvalue weighted by molar-refractivity contribution is 0.0929. The maximum atomic E-state index is 12.2. The zero-order valence-corrected chi connectivity index (χ0v) is 14.4. The normalized spacial score (nSPS) is 15.1. The standard InChI is InChI=1S/C17H17Cl2N3O2/c18-13-2-1-3-14(16(13)19)24-15-5-4-11(10-21-15)17(23)22-12-6-8-20-9-7-12/h1-5,10,12,20H,6-9H2,(H,22,23). The number of pyridine rings is 1. The van der Waals surface area contributed by atoms with Crippen molar-refractivity contribution in [2.75, 3.05) is 13.1 Å². The van der Waals surface area contributed by atoms with Crippen LogP contribution in [-0.4, -0.2) is 30.0 Å². The Hall–Kier alpha value is -1.82. The third kappa shape index (κ3) is 4.17. The Morgan fingerprint density at radius 1 is 1.21 bits per heavy atom. The Labute approximate surface area is 150 Å². The van der Waals surface area contributed by atoms with Gasteiger partial charge in [0.15, 0.2) is 0 Å². The molecule has 1 saturated heterocycles. The first-order chi connectivity index (χ1) is 11.6. The van der Waals surface area contributed by atoms with Crippen molar-refractivity contribution in [2.24, 2.45) is 0 Å². The van der Waals surface area contributed by atoms with Crippen molar-refractivity contribution >= 4 is 29.1 Å². The molecule has 1 aliphatic rings. The summed E-state index contributed by atoms with van der Waals surface area (Å²) in [5.74, 6) is 0.642. The Balaban J connectivity index is 1.64. The Morgan fingerprint density at radius 3 is 2.71 bits per heavy atom. The SMILES string of the molecule is O=C(NC1CCNCC1)c1ccc(Oc2cccc(Cl)c2Cl)nc1. The monoisotopic (exact) mass is 365 g/mol. The number of carbonyl (C=O) groups is 1. The van der Waals surface area contributed by atoms with Crippen molar-refractivity contribution in [3.8, 4) is 11.6 Å². The van der Waals surface area contributed by atoms with Crippen LogP contribution in [-0.2, 0) is 0 Å². The first-order valence-electron chi connectivity index (χ1n) is 7.73. The highest BCUT2D eigenvalue weighted by Crippen LogP contribution is 2.33. The molecule has 0 atom stereocenters. The minimum absolute atomic E-state index is 0.123. The number of aromatic nitrogens is 1. The summed E-state index contributed by atoms with van der Waals surface area (Å²) in [6.07, 6.45) is 3.37. The van der Waals surface area contributed by atoms with Crippen molar-refractivity contribution in [3.05, 3.63) is 52.1 Å². The van der Waals surface area contributed by atoms with Gasteiger partial charge in [-0.1, -0.05) is 29.3 Å². The number of piperidine rings is 1. The van der Waals surface area contributed by atoms with Crippen LogP contribution < -0.4 is 15.4 Å². The molecule has 1 aliphatic heterocycles. The topological polar surface area (TPSA) is 63.2 Å². The summed E-state index contributed by atoms with van der Waals surface area (Å²) in [7, 11) is 0. The molecule has 24 heavy (non-hydrogen) atoms. The van der Waals surface area contributed by atoms with Crippen molar-refractivity contribution in [1.29, 1.82) is 0 Å².